The van der Waals surface area contributed by atoms with Crippen molar-refractivity contribution in [3.63, 3.8) is 0 Å². The molecule has 2 aromatic carbocycles. The van der Waals surface area contributed by atoms with Crippen molar-refractivity contribution in [2.24, 2.45) is 7.05 Å². The van der Waals surface area contributed by atoms with E-state index in [-0.39, 0.29) is 11.5 Å². The molecule has 0 spiro atoms. The number of nitrogens with zero attached hydrogens (tertiary/aromatic N) is 2. The first-order valence-corrected chi connectivity index (χ1v) is 9.33. The average Bonchev–Trinajstić information content (AvgIpc) is 3.42. The number of hydrogen-bond acceptors (Lipinski definition) is 4. The van der Waals surface area contributed by atoms with Crippen LogP contribution in [-0.4, -0.2) is 22.6 Å². The van der Waals surface area contributed by atoms with Crippen LogP contribution in [0.1, 0.15) is 28.0 Å². The van der Waals surface area contributed by atoms with Crippen LogP contribution in [0.15, 0.2) is 77.5 Å². The quantitative estimate of drug-likeness (QED) is 0.518. The fourth-order valence-corrected chi connectivity index (χ4v) is 3.22. The molecule has 1 N–H and O–H groups in total. The van der Waals surface area contributed by atoms with E-state index in [1.54, 1.807) is 43.8 Å². The largest absolute Gasteiger partial charge is 0.497 e. The molecule has 7 heteroatoms. The molecule has 30 heavy (non-hydrogen) atoms. The Morgan fingerprint density at radius 2 is 1.90 bits per heavy atom. The lowest BCUT2D eigenvalue weighted by Crippen LogP contribution is -2.30. The molecular formula is C23H20FN3O3. The maximum absolute atomic E-state index is 14.0. The van der Waals surface area contributed by atoms with E-state index in [1.165, 1.54) is 12.1 Å². The molecule has 152 valence electrons. The lowest BCUT2D eigenvalue weighted by molar-refractivity contribution is 0.0914. The van der Waals surface area contributed by atoms with Crippen molar-refractivity contribution in [3.05, 3.63) is 96.0 Å². The molecule has 4 rings (SSSR count). The zero-order valence-electron chi connectivity index (χ0n) is 16.5. The van der Waals surface area contributed by atoms with Crippen LogP contribution < -0.4 is 10.1 Å². The van der Waals surface area contributed by atoms with Crippen molar-refractivity contribution in [1.82, 2.24) is 14.9 Å². The molecule has 0 saturated carbocycles. The fraction of sp³-hybridized carbons (Fsp3) is 0.130. The molecule has 4 aromatic rings. The Bertz CT molecular complexity index is 1160. The van der Waals surface area contributed by atoms with E-state index in [0.717, 1.165) is 5.56 Å². The van der Waals surface area contributed by atoms with Crippen molar-refractivity contribution in [3.8, 4) is 17.1 Å². The van der Waals surface area contributed by atoms with Crippen molar-refractivity contribution in [2.45, 2.75) is 6.04 Å². The van der Waals surface area contributed by atoms with E-state index < -0.39 is 17.8 Å². The first-order valence-electron chi connectivity index (χ1n) is 9.33. The predicted molar refractivity (Wildman–Crippen MR) is 110 cm³/mol. The lowest BCUT2D eigenvalue weighted by Gasteiger charge is -2.19. The molecule has 0 bridgehead atoms. The Balaban J connectivity index is 1.62. The second kappa shape index (κ2) is 8.24. The van der Waals surface area contributed by atoms with E-state index >= 15 is 0 Å². The number of aryl methyl sites for hydroxylation is 1. The van der Waals surface area contributed by atoms with Gasteiger partial charge in [0, 0.05) is 19.4 Å². The maximum Gasteiger partial charge on any atom is 0.287 e. The van der Waals surface area contributed by atoms with Gasteiger partial charge in [-0.05, 0) is 42.0 Å². The third kappa shape index (κ3) is 3.82. The van der Waals surface area contributed by atoms with Gasteiger partial charge in [0.05, 0.1) is 12.7 Å². The molecule has 2 aromatic heterocycles. The van der Waals surface area contributed by atoms with Gasteiger partial charge in [0.15, 0.2) is 5.76 Å². The molecule has 6 nitrogen and oxygen atoms in total. The standard InChI is InChI=1S/C23H20FN3O3/c1-27-14-13-25-22(27)21(15-7-9-16(29-2)10-8-15)26-23(28)20-12-11-19(30-20)17-5-3-4-6-18(17)24/h3-14,21H,1-2H3,(H,26,28). The van der Waals surface area contributed by atoms with E-state index in [4.69, 9.17) is 9.15 Å². The molecule has 2 heterocycles. The second-order valence-corrected chi connectivity index (χ2v) is 6.72. The van der Waals surface area contributed by atoms with Crippen LogP contribution >= 0.6 is 0 Å². The molecule has 0 fully saturated rings. The summed E-state index contributed by atoms with van der Waals surface area (Å²) >= 11 is 0. The number of ether oxygens (including phenoxy) is 1. The highest BCUT2D eigenvalue weighted by Gasteiger charge is 2.23. The van der Waals surface area contributed by atoms with Crippen molar-refractivity contribution >= 4 is 5.91 Å². The van der Waals surface area contributed by atoms with Gasteiger partial charge in [0.1, 0.15) is 29.2 Å². The molecular weight excluding hydrogens is 385 g/mol. The van der Waals surface area contributed by atoms with Gasteiger partial charge >= 0.3 is 0 Å². The number of methoxy groups -OCH3 is 1. The number of imidazole rings is 1. The van der Waals surface area contributed by atoms with Crippen LogP contribution in [0.4, 0.5) is 4.39 Å². The smallest absolute Gasteiger partial charge is 0.287 e. The van der Waals surface area contributed by atoms with E-state index in [9.17, 15) is 9.18 Å². The van der Waals surface area contributed by atoms with Crippen LogP contribution in [-0.2, 0) is 7.05 Å². The normalized spacial score (nSPS) is 11.8. The highest BCUT2D eigenvalue weighted by atomic mass is 19.1. The Labute approximate surface area is 172 Å². The van der Waals surface area contributed by atoms with Crippen molar-refractivity contribution in [2.75, 3.05) is 7.11 Å². The third-order valence-electron chi connectivity index (χ3n) is 4.81. The number of halogens is 1. The van der Waals surface area contributed by atoms with Gasteiger partial charge in [-0.3, -0.25) is 4.79 Å². The summed E-state index contributed by atoms with van der Waals surface area (Å²) in [5.41, 5.74) is 1.13. The van der Waals surface area contributed by atoms with Crippen LogP contribution in [0, 0.1) is 5.82 Å². The molecule has 0 aliphatic heterocycles. The number of furan rings is 1. The first-order chi connectivity index (χ1) is 14.6. The Hall–Kier alpha value is -3.87. The number of aromatic nitrogens is 2. The highest BCUT2D eigenvalue weighted by Crippen LogP contribution is 2.27. The van der Waals surface area contributed by atoms with E-state index in [0.29, 0.717) is 17.1 Å². The molecule has 1 unspecified atom stereocenters. The second-order valence-electron chi connectivity index (χ2n) is 6.72. The van der Waals surface area contributed by atoms with Crippen LogP contribution in [0.2, 0.25) is 0 Å². The average molecular weight is 405 g/mol. The Kier molecular flexibility index (Phi) is 5.34. The summed E-state index contributed by atoms with van der Waals surface area (Å²) in [5.74, 6) is 0.903. The van der Waals surface area contributed by atoms with Gasteiger partial charge in [-0.1, -0.05) is 24.3 Å². The summed E-state index contributed by atoms with van der Waals surface area (Å²) in [7, 11) is 3.45. The Morgan fingerprint density at radius 1 is 1.13 bits per heavy atom. The summed E-state index contributed by atoms with van der Waals surface area (Å²) in [5, 5.41) is 2.96. The number of nitrogens with one attached hydrogen (secondary N) is 1. The molecule has 0 saturated heterocycles. The first kappa shape index (κ1) is 19.4. The minimum Gasteiger partial charge on any atom is -0.497 e. The fourth-order valence-electron chi connectivity index (χ4n) is 3.22. The molecule has 1 atom stereocenters. The number of carbonyl (C=O) groups excluding carboxylic acids is 1. The van der Waals surface area contributed by atoms with Crippen LogP contribution in [0.5, 0.6) is 5.75 Å². The summed E-state index contributed by atoms with van der Waals surface area (Å²) in [6, 6.07) is 16.2. The molecule has 0 aliphatic carbocycles. The zero-order chi connectivity index (χ0) is 21.1. The monoisotopic (exact) mass is 405 g/mol. The van der Waals surface area contributed by atoms with Gasteiger partial charge in [0.25, 0.3) is 5.91 Å². The van der Waals surface area contributed by atoms with Gasteiger partial charge in [-0.2, -0.15) is 0 Å². The molecule has 0 radical (unpaired) electrons. The topological polar surface area (TPSA) is 69.3 Å². The number of amides is 1. The van der Waals surface area contributed by atoms with E-state index in [2.05, 4.69) is 10.3 Å². The Morgan fingerprint density at radius 3 is 2.57 bits per heavy atom. The summed E-state index contributed by atoms with van der Waals surface area (Å²) in [6.45, 7) is 0. The number of benzene rings is 2. The van der Waals surface area contributed by atoms with Gasteiger partial charge in [0.2, 0.25) is 0 Å². The number of carbonyl (C=O) groups is 1. The third-order valence-corrected chi connectivity index (χ3v) is 4.81. The highest BCUT2D eigenvalue weighted by molar-refractivity contribution is 5.92. The van der Waals surface area contributed by atoms with Crippen molar-refractivity contribution in [1.29, 1.82) is 0 Å². The molecule has 0 aliphatic rings. The SMILES string of the molecule is COc1ccc(C(NC(=O)c2ccc(-c3ccccc3F)o2)c2nccn2C)cc1. The summed E-state index contributed by atoms with van der Waals surface area (Å²) in [6.07, 6.45) is 3.47. The predicted octanol–water partition coefficient (Wildman–Crippen LogP) is 4.35. The minimum atomic E-state index is -0.509. The number of rotatable bonds is 6. The minimum absolute atomic E-state index is 0.0842. The molecule has 1 amide bonds. The van der Waals surface area contributed by atoms with Gasteiger partial charge in [-0.25, -0.2) is 9.37 Å². The lowest BCUT2D eigenvalue weighted by atomic mass is 10.1. The van der Waals surface area contributed by atoms with Crippen LogP contribution in [0.25, 0.3) is 11.3 Å². The summed E-state index contributed by atoms with van der Waals surface area (Å²) in [4.78, 5) is 17.3. The van der Waals surface area contributed by atoms with Gasteiger partial charge < -0.3 is 19.0 Å². The zero-order valence-corrected chi connectivity index (χ0v) is 16.5. The summed E-state index contributed by atoms with van der Waals surface area (Å²) < 4.78 is 26.7. The van der Waals surface area contributed by atoms with Crippen LogP contribution in [0.3, 0.4) is 0 Å². The maximum atomic E-state index is 14.0. The number of hydrogen-bond donors (Lipinski definition) is 1. The van der Waals surface area contributed by atoms with Crippen molar-refractivity contribution < 1.29 is 18.3 Å². The van der Waals surface area contributed by atoms with Gasteiger partial charge in [-0.15, -0.1) is 0 Å². The van der Waals surface area contributed by atoms with E-state index in [1.807, 2.05) is 35.9 Å².